The van der Waals surface area contributed by atoms with Crippen molar-refractivity contribution in [2.75, 3.05) is 6.61 Å². The molecule has 0 aliphatic carbocycles. The van der Waals surface area contributed by atoms with Crippen LogP contribution in [0, 0.1) is 17.3 Å². The number of hydrogen-bond acceptors (Lipinski definition) is 2. The van der Waals surface area contributed by atoms with Crippen molar-refractivity contribution in [3.63, 3.8) is 0 Å². The molecule has 0 fully saturated rings. The van der Waals surface area contributed by atoms with Gasteiger partial charge in [-0.05, 0) is 17.3 Å². The Morgan fingerprint density at radius 2 is 1.83 bits per heavy atom. The van der Waals surface area contributed by atoms with Crippen molar-refractivity contribution in [1.82, 2.24) is 0 Å². The lowest BCUT2D eigenvalue weighted by Gasteiger charge is -2.35. The zero-order valence-corrected chi connectivity index (χ0v) is 8.76. The average molecular weight is 172 g/mol. The van der Waals surface area contributed by atoms with Crippen LogP contribution in [-0.4, -0.2) is 13.1 Å². The van der Waals surface area contributed by atoms with Gasteiger partial charge in [0.25, 0.3) is 6.47 Å². The summed E-state index contributed by atoms with van der Waals surface area (Å²) in [6, 6.07) is 0. The summed E-state index contributed by atoms with van der Waals surface area (Å²) >= 11 is 0. The van der Waals surface area contributed by atoms with Gasteiger partial charge in [0.15, 0.2) is 0 Å². The summed E-state index contributed by atoms with van der Waals surface area (Å²) in [6.45, 7) is 12.0. The third-order valence-electron chi connectivity index (χ3n) is 3.17. The lowest BCUT2D eigenvalue weighted by atomic mass is 9.72. The Kier molecular flexibility index (Phi) is 4.29. The van der Waals surface area contributed by atoms with Crippen LogP contribution in [-0.2, 0) is 9.53 Å². The molecule has 0 spiro atoms. The molecule has 0 bridgehead atoms. The highest BCUT2D eigenvalue weighted by Crippen LogP contribution is 2.34. The van der Waals surface area contributed by atoms with Crippen LogP contribution in [0.4, 0.5) is 0 Å². The summed E-state index contributed by atoms with van der Waals surface area (Å²) in [5.41, 5.74) is 0.225. The van der Waals surface area contributed by atoms with Gasteiger partial charge in [-0.3, -0.25) is 4.79 Å². The molecule has 0 aliphatic heterocycles. The first kappa shape index (κ1) is 11.5. The minimum atomic E-state index is 0.225. The van der Waals surface area contributed by atoms with E-state index in [9.17, 15) is 4.79 Å². The molecule has 0 saturated heterocycles. The van der Waals surface area contributed by atoms with Crippen LogP contribution >= 0.6 is 0 Å². The Balaban J connectivity index is 4.05. The summed E-state index contributed by atoms with van der Waals surface area (Å²) in [5, 5.41) is 0. The van der Waals surface area contributed by atoms with Crippen molar-refractivity contribution >= 4 is 6.47 Å². The SMILES string of the molecule is CC(C)C(C)(C)C(C)COC=O. The molecule has 0 heterocycles. The van der Waals surface area contributed by atoms with Crippen LogP contribution in [0.2, 0.25) is 0 Å². The Morgan fingerprint density at radius 1 is 1.33 bits per heavy atom. The van der Waals surface area contributed by atoms with Crippen LogP contribution < -0.4 is 0 Å². The molecule has 1 unspecified atom stereocenters. The monoisotopic (exact) mass is 172 g/mol. The fourth-order valence-electron chi connectivity index (χ4n) is 0.967. The van der Waals surface area contributed by atoms with Gasteiger partial charge in [0.2, 0.25) is 0 Å². The smallest absolute Gasteiger partial charge is 0.293 e. The van der Waals surface area contributed by atoms with Crippen LogP contribution in [0.5, 0.6) is 0 Å². The molecular formula is C10H20O2. The molecule has 0 amide bonds. The summed E-state index contributed by atoms with van der Waals surface area (Å²) in [6.07, 6.45) is 0. The normalized spacial score (nSPS) is 14.5. The number of ether oxygens (including phenoxy) is 1. The van der Waals surface area contributed by atoms with E-state index in [0.29, 0.717) is 24.9 Å². The summed E-state index contributed by atoms with van der Waals surface area (Å²) in [4.78, 5) is 9.98. The number of hydrogen-bond donors (Lipinski definition) is 0. The molecule has 0 radical (unpaired) electrons. The van der Waals surface area contributed by atoms with Crippen LogP contribution in [0.15, 0.2) is 0 Å². The summed E-state index contributed by atoms with van der Waals surface area (Å²) in [7, 11) is 0. The Labute approximate surface area is 75.3 Å². The van der Waals surface area contributed by atoms with E-state index < -0.39 is 0 Å². The maximum absolute atomic E-state index is 9.98. The second kappa shape index (κ2) is 4.48. The Hall–Kier alpha value is -0.530. The zero-order chi connectivity index (χ0) is 9.78. The first-order valence-electron chi connectivity index (χ1n) is 4.48. The maximum Gasteiger partial charge on any atom is 0.293 e. The predicted octanol–water partition coefficient (Wildman–Crippen LogP) is 2.48. The highest BCUT2D eigenvalue weighted by atomic mass is 16.5. The van der Waals surface area contributed by atoms with E-state index in [2.05, 4.69) is 34.6 Å². The van der Waals surface area contributed by atoms with Gasteiger partial charge in [0, 0.05) is 0 Å². The largest absolute Gasteiger partial charge is 0.468 e. The summed E-state index contributed by atoms with van der Waals surface area (Å²) in [5.74, 6) is 1.01. The van der Waals surface area contributed by atoms with Gasteiger partial charge in [0.1, 0.15) is 0 Å². The molecule has 2 nitrogen and oxygen atoms in total. The average Bonchev–Trinajstić information content (AvgIpc) is 1.99. The number of rotatable bonds is 5. The van der Waals surface area contributed by atoms with Gasteiger partial charge < -0.3 is 4.74 Å². The highest BCUT2D eigenvalue weighted by Gasteiger charge is 2.29. The van der Waals surface area contributed by atoms with Crippen molar-refractivity contribution in [2.45, 2.75) is 34.6 Å². The van der Waals surface area contributed by atoms with Crippen molar-refractivity contribution in [2.24, 2.45) is 17.3 Å². The van der Waals surface area contributed by atoms with E-state index in [1.54, 1.807) is 0 Å². The van der Waals surface area contributed by atoms with Crippen LogP contribution in [0.25, 0.3) is 0 Å². The van der Waals surface area contributed by atoms with E-state index in [1.165, 1.54) is 0 Å². The number of carbonyl (C=O) groups is 1. The molecule has 0 saturated carbocycles. The third kappa shape index (κ3) is 2.84. The minimum absolute atomic E-state index is 0.225. The topological polar surface area (TPSA) is 26.3 Å². The second-order valence-electron chi connectivity index (χ2n) is 4.31. The van der Waals surface area contributed by atoms with Crippen LogP contribution in [0.3, 0.4) is 0 Å². The van der Waals surface area contributed by atoms with Crippen molar-refractivity contribution in [3.8, 4) is 0 Å². The zero-order valence-electron chi connectivity index (χ0n) is 8.76. The maximum atomic E-state index is 9.98. The highest BCUT2D eigenvalue weighted by molar-refractivity contribution is 5.36. The van der Waals surface area contributed by atoms with E-state index in [0.717, 1.165) is 0 Å². The minimum Gasteiger partial charge on any atom is -0.468 e. The fraction of sp³-hybridized carbons (Fsp3) is 0.900. The van der Waals surface area contributed by atoms with Gasteiger partial charge in [-0.1, -0.05) is 34.6 Å². The molecule has 0 aromatic carbocycles. The standard InChI is InChI=1S/C10H20O2/c1-8(2)10(4,5)9(3)6-12-7-11/h7-9H,6H2,1-5H3. The quantitative estimate of drug-likeness (QED) is 0.595. The molecule has 0 N–H and O–H groups in total. The fourth-order valence-corrected chi connectivity index (χ4v) is 0.967. The van der Waals surface area contributed by atoms with Crippen molar-refractivity contribution in [1.29, 1.82) is 0 Å². The van der Waals surface area contributed by atoms with E-state index in [4.69, 9.17) is 4.74 Å². The first-order valence-corrected chi connectivity index (χ1v) is 4.48. The molecule has 0 rings (SSSR count). The molecule has 72 valence electrons. The summed E-state index contributed by atoms with van der Waals surface area (Å²) < 4.78 is 4.75. The van der Waals surface area contributed by atoms with Gasteiger partial charge in [0.05, 0.1) is 6.61 Å². The molecule has 0 aliphatic rings. The number of carbonyl (C=O) groups excluding carboxylic acids is 1. The van der Waals surface area contributed by atoms with E-state index >= 15 is 0 Å². The first-order chi connectivity index (χ1) is 5.42. The molecule has 0 aromatic rings. The van der Waals surface area contributed by atoms with Gasteiger partial charge >= 0.3 is 0 Å². The van der Waals surface area contributed by atoms with Crippen LogP contribution in [0.1, 0.15) is 34.6 Å². The molecular weight excluding hydrogens is 152 g/mol. The second-order valence-corrected chi connectivity index (χ2v) is 4.31. The predicted molar refractivity (Wildman–Crippen MR) is 49.8 cm³/mol. The molecule has 2 heteroatoms. The van der Waals surface area contributed by atoms with Gasteiger partial charge in [-0.25, -0.2) is 0 Å². The van der Waals surface area contributed by atoms with E-state index in [1.807, 2.05) is 0 Å². The molecule has 12 heavy (non-hydrogen) atoms. The van der Waals surface area contributed by atoms with E-state index in [-0.39, 0.29) is 5.41 Å². The Morgan fingerprint density at radius 3 is 2.17 bits per heavy atom. The van der Waals surface area contributed by atoms with Crippen molar-refractivity contribution in [3.05, 3.63) is 0 Å². The lowest BCUT2D eigenvalue weighted by Crippen LogP contribution is -2.30. The lowest BCUT2D eigenvalue weighted by molar-refractivity contribution is -0.131. The molecule has 0 aromatic heterocycles. The third-order valence-corrected chi connectivity index (χ3v) is 3.17. The van der Waals surface area contributed by atoms with Gasteiger partial charge in [-0.15, -0.1) is 0 Å². The van der Waals surface area contributed by atoms with Gasteiger partial charge in [-0.2, -0.15) is 0 Å². The molecule has 1 atom stereocenters. The Bertz CT molecular complexity index is 139. The van der Waals surface area contributed by atoms with Crippen molar-refractivity contribution < 1.29 is 9.53 Å².